The molecule has 3 fully saturated rings. The van der Waals surface area contributed by atoms with Crippen molar-refractivity contribution in [3.05, 3.63) is 149 Å². The Labute approximate surface area is 625 Å². The van der Waals surface area contributed by atoms with Gasteiger partial charge in [-0.1, -0.05) is 136 Å². The number of aromatic nitrogens is 3. The number of carbonyl (C=O) groups excluding carboxylic acids is 11. The third kappa shape index (κ3) is 24.4. The van der Waals surface area contributed by atoms with Gasteiger partial charge in [0.15, 0.2) is 6.29 Å². The molecule has 0 saturated carbocycles. The number of hydrogen-bond donors (Lipinski definition) is 16. The first-order valence-electron chi connectivity index (χ1n) is 36.4. The number of amides is 11. The van der Waals surface area contributed by atoms with Crippen molar-refractivity contribution in [2.45, 2.75) is 202 Å². The number of fused-ring (bicyclic) bond motifs is 1. The van der Waals surface area contributed by atoms with E-state index in [4.69, 9.17) is 20.9 Å². The number of aliphatic hydroxyl groups excluding tert-OH is 4. The van der Waals surface area contributed by atoms with Gasteiger partial charge in [-0.25, -0.2) is 4.68 Å². The lowest BCUT2D eigenvalue weighted by atomic mass is 9.98. The minimum atomic E-state index is -1.76. The van der Waals surface area contributed by atoms with Crippen LogP contribution in [0.4, 0.5) is 0 Å². The number of ether oxygens (including phenoxy) is 2. The van der Waals surface area contributed by atoms with Crippen molar-refractivity contribution in [3.8, 4) is 5.75 Å². The first-order valence-corrected chi connectivity index (χ1v) is 36.4. The Morgan fingerprint density at radius 2 is 1.01 bits per heavy atom. The van der Waals surface area contributed by atoms with Crippen LogP contribution >= 0.6 is 0 Å². The van der Waals surface area contributed by atoms with Crippen LogP contribution in [0.15, 0.2) is 121 Å². The number of phenols is 1. The van der Waals surface area contributed by atoms with Gasteiger partial charge in [0.2, 0.25) is 65.0 Å². The van der Waals surface area contributed by atoms with Crippen LogP contribution in [-0.4, -0.2) is 228 Å². The van der Waals surface area contributed by atoms with Gasteiger partial charge < -0.3 is 99.2 Å². The normalized spacial score (nSPS) is 26.5. The van der Waals surface area contributed by atoms with Gasteiger partial charge in [-0.2, -0.15) is 0 Å². The maximum Gasteiger partial charge on any atom is 0.246 e. The van der Waals surface area contributed by atoms with E-state index in [0.29, 0.717) is 28.7 Å². The van der Waals surface area contributed by atoms with Gasteiger partial charge in [0.1, 0.15) is 90.6 Å². The number of benzene rings is 4. The van der Waals surface area contributed by atoms with Gasteiger partial charge in [0, 0.05) is 51.3 Å². The SMILES string of the molecule is CC(C)C[C@@H]1NC(=O)[C@H](CCCN)NC(=O)[C@H](C(C)C)NC(=O)[C@H](Cc2ccc(O)cc2)NC(=O)[C@H](CCC(N)=O)NC(=O)[C@H](Cc2cn(CCO[C@@H]3O[C@H](CO)[C@H](O)[C@H](O)[C@H]3O)nn2)NC(=O)[C@@H](Cc2ccccc2)NC(=O)[C@H](Cc2ccccc2)NC(=O)[C@@H]2CCCN2C(=O)[C@@H](Cc2ccccc2)NC1=O. The molecule has 15 atom stereocenters. The summed E-state index contributed by atoms with van der Waals surface area (Å²) in [4.78, 5) is 165. The summed E-state index contributed by atoms with van der Waals surface area (Å²) in [7, 11) is 0. The van der Waals surface area contributed by atoms with Crippen LogP contribution in [-0.2, 0) is 101 Å². The summed E-state index contributed by atoms with van der Waals surface area (Å²) in [6.07, 6.45) is -8.17. The zero-order chi connectivity index (χ0) is 78.1. The van der Waals surface area contributed by atoms with Crippen LogP contribution < -0.4 is 59.3 Å². The van der Waals surface area contributed by atoms with Gasteiger partial charge in [-0.15, -0.1) is 5.10 Å². The molecule has 5 aromatic rings. The van der Waals surface area contributed by atoms with Gasteiger partial charge >= 0.3 is 0 Å². The van der Waals surface area contributed by atoms with E-state index in [1.54, 1.807) is 105 Å². The van der Waals surface area contributed by atoms with Crippen LogP contribution in [0, 0.1) is 11.8 Å². The van der Waals surface area contributed by atoms with E-state index in [9.17, 15) is 49.5 Å². The Balaban J connectivity index is 1.21. The van der Waals surface area contributed by atoms with E-state index in [2.05, 4.69) is 58.2 Å². The van der Waals surface area contributed by atoms with Gasteiger partial charge in [-0.3, -0.25) is 52.7 Å². The number of nitrogens with zero attached hydrogens (tertiary/aromatic N) is 4. The summed E-state index contributed by atoms with van der Waals surface area (Å²) in [5.41, 5.74) is 13.8. The van der Waals surface area contributed by atoms with Crippen molar-refractivity contribution < 1.29 is 87.7 Å². The molecule has 0 bridgehead atoms. The minimum absolute atomic E-state index is 0.0251. The second-order valence-electron chi connectivity index (χ2n) is 28.2. The number of nitrogens with one attached hydrogen (secondary N) is 9. The van der Waals surface area contributed by atoms with Crippen LogP contribution in [0.3, 0.4) is 0 Å². The highest BCUT2D eigenvalue weighted by molar-refractivity contribution is 6.00. The van der Waals surface area contributed by atoms with Crippen molar-refractivity contribution in [2.75, 3.05) is 26.3 Å². The molecule has 0 aliphatic carbocycles. The fraction of sp³-hybridized carbons (Fsp3) is 0.507. The fourth-order valence-corrected chi connectivity index (χ4v) is 13.0. The quantitative estimate of drug-likeness (QED) is 0.0301. The molecule has 4 heterocycles. The summed E-state index contributed by atoms with van der Waals surface area (Å²) < 4.78 is 12.4. The average molecular weight is 1500 g/mol. The first kappa shape index (κ1) is 83.3. The predicted octanol–water partition coefficient (Wildman–Crippen LogP) is -2.61. The summed E-state index contributed by atoms with van der Waals surface area (Å²) >= 11 is 0. The smallest absolute Gasteiger partial charge is 0.246 e. The van der Waals surface area contributed by atoms with Crippen LogP contribution in [0.5, 0.6) is 5.75 Å². The average Bonchev–Trinajstić information content (AvgIpc) is 1.50. The Morgan fingerprint density at radius 1 is 0.556 bits per heavy atom. The van der Waals surface area contributed by atoms with E-state index in [1.807, 2.05) is 13.8 Å². The molecule has 0 radical (unpaired) electrons. The number of hydrogen-bond acceptors (Lipinski definition) is 21. The first-order chi connectivity index (χ1) is 51.7. The number of carbonyl (C=O) groups is 11. The minimum Gasteiger partial charge on any atom is -0.508 e. The maximum absolute atomic E-state index is 15.4. The Hall–Kier alpha value is -10.3. The van der Waals surface area contributed by atoms with Crippen LogP contribution in [0.25, 0.3) is 0 Å². The lowest BCUT2D eigenvalue weighted by Gasteiger charge is -2.39. The second-order valence-corrected chi connectivity index (χ2v) is 28.2. The molecule has 3 aliphatic heterocycles. The number of phenolic OH excluding ortho intramolecular Hbond substituents is 1. The van der Waals surface area contributed by atoms with Crippen molar-refractivity contribution in [2.24, 2.45) is 23.3 Å². The highest BCUT2D eigenvalue weighted by Crippen LogP contribution is 2.24. The highest BCUT2D eigenvalue weighted by atomic mass is 16.7. The maximum atomic E-state index is 15.4. The van der Waals surface area contributed by atoms with E-state index >= 15 is 28.8 Å². The molecule has 3 aliphatic rings. The summed E-state index contributed by atoms with van der Waals surface area (Å²) in [6, 6.07) is 16.7. The Bertz CT molecular complexity index is 3840. The predicted molar refractivity (Wildman–Crippen MR) is 389 cm³/mol. The third-order valence-corrected chi connectivity index (χ3v) is 18.9. The summed E-state index contributed by atoms with van der Waals surface area (Å²) in [5.74, 6) is -10.8. The molecule has 0 unspecified atom stereocenters. The number of aromatic hydroxyl groups is 1. The number of primary amides is 1. The fourth-order valence-electron chi connectivity index (χ4n) is 13.0. The molecule has 0 spiro atoms. The zero-order valence-corrected chi connectivity index (χ0v) is 60.9. The molecule has 584 valence electrons. The van der Waals surface area contributed by atoms with E-state index < -0.39 is 188 Å². The second kappa shape index (κ2) is 40.6. The molecule has 11 amide bonds. The van der Waals surface area contributed by atoms with Crippen molar-refractivity contribution in [3.63, 3.8) is 0 Å². The summed E-state index contributed by atoms with van der Waals surface area (Å²) in [6.45, 7) is 5.88. The molecule has 33 nitrogen and oxygen atoms in total. The zero-order valence-electron chi connectivity index (χ0n) is 60.9. The van der Waals surface area contributed by atoms with Crippen LogP contribution in [0.1, 0.15) is 101 Å². The molecule has 108 heavy (non-hydrogen) atoms. The van der Waals surface area contributed by atoms with Crippen molar-refractivity contribution in [1.82, 2.24) is 67.7 Å². The van der Waals surface area contributed by atoms with E-state index in [1.165, 1.54) is 40.0 Å². The van der Waals surface area contributed by atoms with Crippen molar-refractivity contribution >= 4 is 65.0 Å². The third-order valence-electron chi connectivity index (χ3n) is 18.9. The molecular weight excluding hydrogens is 1400 g/mol. The Morgan fingerprint density at radius 3 is 1.53 bits per heavy atom. The van der Waals surface area contributed by atoms with Crippen molar-refractivity contribution in [1.29, 1.82) is 0 Å². The Kier molecular flexibility index (Phi) is 31.3. The van der Waals surface area contributed by atoms with Gasteiger partial charge in [0.25, 0.3) is 0 Å². The molecule has 33 heteroatoms. The number of rotatable bonds is 24. The van der Waals surface area contributed by atoms with Gasteiger partial charge in [-0.05, 0) is 91.3 Å². The van der Waals surface area contributed by atoms with E-state index in [-0.39, 0.29) is 95.0 Å². The van der Waals surface area contributed by atoms with E-state index in [0.717, 1.165) is 0 Å². The molecule has 1 aromatic heterocycles. The lowest BCUT2D eigenvalue weighted by Crippen LogP contribution is -2.62. The number of nitrogens with two attached hydrogens (primary N) is 2. The largest absolute Gasteiger partial charge is 0.508 e. The monoisotopic (exact) mass is 1500 g/mol. The standard InChI is InChI=1S/C75H101N15O18/c1-42(2)34-52-67(99)85-57(38-46-20-12-7-13-21-46)74(106)90-31-15-23-58(90)72(104)84-54(36-45-18-10-6-11-19-45)69(101)82-53(35-44-16-8-5-9-17-44)68(100)83-56(39-48-40-89(88-87-48)32-33-107-75-64(96)63(95)62(94)59(41-91)108-75)70(102)78-51(28-29-60(77)93)66(98)81-55(37-47-24-26-49(92)27-25-47)71(103)86-61(43(3)4)73(105)79-50(22-14-30-76)65(97)80-52/h5-13,16-21,24-27,40,42-43,50-59,61-64,75,91-92,94-96H,14-15,22-23,28-39,41,76H2,1-4H3,(H2,77,93)(H,78,102)(H,79,105)(H,80,97)(H,81,98)(H,82,101)(H,83,100)(H,84,104)(H,85,99)(H,86,103)/t50-,51-,52-,53+,54-,55-,56-,57+,58-,59+,61-,62-,63-,64+,75+/m0/s1. The molecule has 18 N–H and O–H groups in total. The van der Waals surface area contributed by atoms with Gasteiger partial charge in [0.05, 0.1) is 25.5 Å². The highest BCUT2D eigenvalue weighted by Gasteiger charge is 2.45. The molecule has 4 aromatic carbocycles. The molecular formula is C75H101N15O18. The topological polar surface area (TPSA) is 502 Å². The van der Waals surface area contributed by atoms with Crippen LogP contribution in [0.2, 0.25) is 0 Å². The molecule has 8 rings (SSSR count). The lowest BCUT2D eigenvalue weighted by molar-refractivity contribution is -0.301. The number of aliphatic hydroxyl groups is 4. The summed E-state index contributed by atoms with van der Waals surface area (Å²) in [5, 5.41) is 84.5. The molecule has 3 saturated heterocycles.